The number of hydrogen-bond donors (Lipinski definition) is 0. The number of halogens is 2. The SMILES string of the molecule is CN1CCN=C1c1cccc(Cl)c1Cl. The Morgan fingerprint density at radius 2 is 2.14 bits per heavy atom. The van der Waals surface area contributed by atoms with Gasteiger partial charge in [-0.3, -0.25) is 4.99 Å². The summed E-state index contributed by atoms with van der Waals surface area (Å²) in [6, 6.07) is 5.61. The average molecular weight is 229 g/mol. The van der Waals surface area contributed by atoms with E-state index >= 15 is 0 Å². The van der Waals surface area contributed by atoms with Crippen molar-refractivity contribution in [2.45, 2.75) is 0 Å². The monoisotopic (exact) mass is 228 g/mol. The lowest BCUT2D eigenvalue weighted by atomic mass is 10.2. The van der Waals surface area contributed by atoms with Crippen LogP contribution in [0.3, 0.4) is 0 Å². The molecule has 0 amide bonds. The highest BCUT2D eigenvalue weighted by Crippen LogP contribution is 2.27. The molecule has 0 saturated carbocycles. The number of hydrogen-bond acceptors (Lipinski definition) is 2. The highest BCUT2D eigenvalue weighted by molar-refractivity contribution is 6.44. The van der Waals surface area contributed by atoms with E-state index in [0.717, 1.165) is 24.5 Å². The fraction of sp³-hybridized carbons (Fsp3) is 0.300. The first-order chi connectivity index (χ1) is 6.70. The lowest BCUT2D eigenvalue weighted by Crippen LogP contribution is -2.23. The van der Waals surface area contributed by atoms with Crippen LogP contribution in [0.1, 0.15) is 5.56 Å². The molecule has 1 aliphatic rings. The molecule has 0 aromatic heterocycles. The zero-order valence-electron chi connectivity index (χ0n) is 7.80. The third-order valence-corrected chi connectivity index (χ3v) is 3.07. The molecule has 0 saturated heterocycles. The van der Waals surface area contributed by atoms with Gasteiger partial charge in [-0.2, -0.15) is 0 Å². The summed E-state index contributed by atoms with van der Waals surface area (Å²) in [5, 5.41) is 1.16. The maximum absolute atomic E-state index is 6.10. The van der Waals surface area contributed by atoms with Gasteiger partial charge in [-0.25, -0.2) is 0 Å². The largest absolute Gasteiger partial charge is 0.358 e. The molecule has 0 aliphatic carbocycles. The predicted octanol–water partition coefficient (Wildman–Crippen LogP) is 2.69. The fourth-order valence-corrected chi connectivity index (χ4v) is 1.88. The smallest absolute Gasteiger partial charge is 0.132 e. The van der Waals surface area contributed by atoms with E-state index in [0.29, 0.717) is 10.0 Å². The molecule has 2 rings (SSSR count). The summed E-state index contributed by atoms with van der Waals surface area (Å²) in [4.78, 5) is 6.47. The van der Waals surface area contributed by atoms with E-state index in [-0.39, 0.29) is 0 Å². The van der Waals surface area contributed by atoms with Crippen LogP contribution < -0.4 is 0 Å². The van der Waals surface area contributed by atoms with Crippen molar-refractivity contribution in [3.05, 3.63) is 33.8 Å². The molecule has 0 bridgehead atoms. The van der Waals surface area contributed by atoms with E-state index in [4.69, 9.17) is 23.2 Å². The second kappa shape index (κ2) is 3.79. The molecule has 0 radical (unpaired) electrons. The van der Waals surface area contributed by atoms with Crippen LogP contribution in [0.5, 0.6) is 0 Å². The van der Waals surface area contributed by atoms with Crippen molar-refractivity contribution < 1.29 is 0 Å². The van der Waals surface area contributed by atoms with Crippen molar-refractivity contribution in [3.8, 4) is 0 Å². The van der Waals surface area contributed by atoms with Crippen LogP contribution in [0, 0.1) is 0 Å². The summed E-state index contributed by atoms with van der Waals surface area (Å²) in [5.41, 5.74) is 0.916. The minimum Gasteiger partial charge on any atom is -0.358 e. The van der Waals surface area contributed by atoms with Crippen molar-refractivity contribution in [1.82, 2.24) is 4.90 Å². The van der Waals surface area contributed by atoms with E-state index in [9.17, 15) is 0 Å². The maximum Gasteiger partial charge on any atom is 0.132 e. The summed E-state index contributed by atoms with van der Waals surface area (Å²) in [7, 11) is 2.00. The molecule has 1 aliphatic heterocycles. The number of aliphatic imine (C=N–C) groups is 1. The lowest BCUT2D eigenvalue weighted by Gasteiger charge is -2.15. The zero-order chi connectivity index (χ0) is 10.1. The van der Waals surface area contributed by atoms with Gasteiger partial charge in [0.2, 0.25) is 0 Å². The van der Waals surface area contributed by atoms with E-state index in [1.165, 1.54) is 0 Å². The summed E-state index contributed by atoms with van der Waals surface area (Å²) in [5.74, 6) is 0.928. The topological polar surface area (TPSA) is 15.6 Å². The van der Waals surface area contributed by atoms with E-state index < -0.39 is 0 Å². The van der Waals surface area contributed by atoms with Crippen LogP contribution in [-0.2, 0) is 0 Å². The number of rotatable bonds is 1. The lowest BCUT2D eigenvalue weighted by molar-refractivity contribution is 0.557. The molecule has 0 atom stereocenters. The minimum absolute atomic E-state index is 0.576. The first kappa shape index (κ1) is 9.81. The van der Waals surface area contributed by atoms with Gasteiger partial charge in [-0.15, -0.1) is 0 Å². The standard InChI is InChI=1S/C10H10Cl2N2/c1-14-6-5-13-10(14)7-3-2-4-8(11)9(7)12/h2-4H,5-6H2,1H3. The first-order valence-corrected chi connectivity index (χ1v) is 5.15. The second-order valence-electron chi connectivity index (χ2n) is 3.23. The highest BCUT2D eigenvalue weighted by atomic mass is 35.5. The molecular weight excluding hydrogens is 219 g/mol. The van der Waals surface area contributed by atoms with Gasteiger partial charge < -0.3 is 4.90 Å². The van der Waals surface area contributed by atoms with Crippen LogP contribution in [0.15, 0.2) is 23.2 Å². The molecule has 14 heavy (non-hydrogen) atoms. The van der Waals surface area contributed by atoms with Crippen molar-refractivity contribution in [1.29, 1.82) is 0 Å². The third kappa shape index (κ3) is 1.60. The first-order valence-electron chi connectivity index (χ1n) is 4.40. The molecule has 0 fully saturated rings. The van der Waals surface area contributed by atoms with Crippen LogP contribution in [0.25, 0.3) is 0 Å². The van der Waals surface area contributed by atoms with Gasteiger partial charge >= 0.3 is 0 Å². The normalized spacial score (nSPS) is 15.9. The highest BCUT2D eigenvalue weighted by Gasteiger charge is 2.17. The second-order valence-corrected chi connectivity index (χ2v) is 4.01. The molecule has 1 aromatic rings. The van der Waals surface area contributed by atoms with Crippen LogP contribution >= 0.6 is 23.2 Å². The van der Waals surface area contributed by atoms with Crippen LogP contribution in [0.4, 0.5) is 0 Å². The Morgan fingerprint density at radius 1 is 1.36 bits per heavy atom. The predicted molar refractivity (Wildman–Crippen MR) is 60.5 cm³/mol. The Balaban J connectivity index is 2.46. The Kier molecular flexibility index (Phi) is 2.66. The Hall–Kier alpha value is -0.730. The summed E-state index contributed by atoms with van der Waals surface area (Å²) in [6.07, 6.45) is 0. The third-order valence-electron chi connectivity index (χ3n) is 2.25. The summed E-state index contributed by atoms with van der Waals surface area (Å²) >= 11 is 12.0. The molecule has 0 unspecified atom stereocenters. The maximum atomic E-state index is 6.10. The minimum atomic E-state index is 0.576. The number of amidine groups is 1. The average Bonchev–Trinajstić information content (AvgIpc) is 2.57. The zero-order valence-corrected chi connectivity index (χ0v) is 9.31. The van der Waals surface area contributed by atoms with Crippen molar-refractivity contribution in [3.63, 3.8) is 0 Å². The quantitative estimate of drug-likeness (QED) is 0.722. The van der Waals surface area contributed by atoms with Gasteiger partial charge in [-0.1, -0.05) is 29.3 Å². The summed E-state index contributed by atoms with van der Waals surface area (Å²) < 4.78 is 0. The van der Waals surface area contributed by atoms with Gasteiger partial charge in [-0.05, 0) is 12.1 Å². The molecule has 4 heteroatoms. The van der Waals surface area contributed by atoms with Crippen molar-refractivity contribution in [2.24, 2.45) is 4.99 Å². The van der Waals surface area contributed by atoms with Gasteiger partial charge in [0.15, 0.2) is 0 Å². The Labute approximate surface area is 93.1 Å². The van der Waals surface area contributed by atoms with E-state index in [1.54, 1.807) is 6.07 Å². The Bertz CT molecular complexity index is 388. The van der Waals surface area contributed by atoms with Crippen LogP contribution in [0.2, 0.25) is 10.0 Å². The number of benzene rings is 1. The van der Waals surface area contributed by atoms with Gasteiger partial charge in [0.05, 0.1) is 16.6 Å². The van der Waals surface area contributed by atoms with Gasteiger partial charge in [0.25, 0.3) is 0 Å². The van der Waals surface area contributed by atoms with Gasteiger partial charge in [0.1, 0.15) is 5.84 Å². The summed E-state index contributed by atoms with van der Waals surface area (Å²) in [6.45, 7) is 1.77. The van der Waals surface area contributed by atoms with Crippen molar-refractivity contribution >= 4 is 29.0 Å². The Morgan fingerprint density at radius 3 is 2.79 bits per heavy atom. The molecular formula is C10H10Cl2N2. The number of likely N-dealkylation sites (N-methyl/N-ethyl adjacent to an activating group) is 1. The molecule has 0 spiro atoms. The van der Waals surface area contributed by atoms with E-state index in [2.05, 4.69) is 9.89 Å². The fourth-order valence-electron chi connectivity index (χ4n) is 1.50. The van der Waals surface area contributed by atoms with E-state index in [1.807, 2.05) is 19.2 Å². The number of nitrogens with zero attached hydrogens (tertiary/aromatic N) is 2. The molecule has 1 heterocycles. The van der Waals surface area contributed by atoms with Crippen LogP contribution in [-0.4, -0.2) is 30.9 Å². The molecule has 2 nitrogen and oxygen atoms in total. The van der Waals surface area contributed by atoms with Crippen molar-refractivity contribution in [2.75, 3.05) is 20.1 Å². The van der Waals surface area contributed by atoms with Gasteiger partial charge in [0, 0.05) is 19.2 Å². The molecule has 74 valence electrons. The molecule has 1 aromatic carbocycles. The molecule has 0 N–H and O–H groups in total.